The number of rotatable bonds is 1. The summed E-state index contributed by atoms with van der Waals surface area (Å²) < 4.78 is 1.90. The molecule has 0 amide bonds. The second-order valence-electron chi connectivity index (χ2n) is 5.60. The molecule has 2 heterocycles. The van der Waals surface area contributed by atoms with Gasteiger partial charge in [-0.05, 0) is 42.8 Å². The summed E-state index contributed by atoms with van der Waals surface area (Å²) in [4.78, 5) is 2.32. The lowest BCUT2D eigenvalue weighted by atomic mass is 10.1. The smallest absolute Gasteiger partial charge is 0.0839 e. The summed E-state index contributed by atoms with van der Waals surface area (Å²) in [5, 5.41) is 9.03. The van der Waals surface area contributed by atoms with E-state index in [0.717, 1.165) is 35.1 Å². The Morgan fingerprint density at radius 2 is 1.86 bits per heavy atom. The van der Waals surface area contributed by atoms with E-state index in [4.69, 9.17) is 11.6 Å². The predicted molar refractivity (Wildman–Crippen MR) is 87.4 cm³/mol. The molecule has 22 heavy (non-hydrogen) atoms. The standard InChI is InChI=1S/C17H15ClN4/c1-12-2-5-15(6-3-12)21-10-13-8-14(18)4-7-17(13)22-16(11-21)9-19-20-22/h2-9H,10-11H2,1H3. The molecule has 110 valence electrons. The number of hydrogen-bond donors (Lipinski definition) is 0. The van der Waals surface area contributed by atoms with Crippen molar-refractivity contribution in [2.75, 3.05) is 4.90 Å². The van der Waals surface area contributed by atoms with Crippen molar-refractivity contribution in [3.05, 3.63) is 70.5 Å². The molecule has 0 bridgehead atoms. The summed E-state index contributed by atoms with van der Waals surface area (Å²) in [5.41, 5.74) is 5.71. The molecule has 4 rings (SSSR count). The van der Waals surface area contributed by atoms with Crippen LogP contribution in [0.4, 0.5) is 5.69 Å². The number of benzene rings is 2. The topological polar surface area (TPSA) is 34.0 Å². The van der Waals surface area contributed by atoms with Crippen molar-refractivity contribution >= 4 is 17.3 Å². The normalized spacial score (nSPS) is 13.5. The van der Waals surface area contributed by atoms with E-state index in [9.17, 15) is 0 Å². The average molecular weight is 311 g/mol. The molecular formula is C17H15ClN4. The lowest BCUT2D eigenvalue weighted by molar-refractivity contribution is 0.753. The highest BCUT2D eigenvalue weighted by atomic mass is 35.5. The molecule has 0 spiro atoms. The van der Waals surface area contributed by atoms with E-state index in [1.54, 1.807) is 0 Å². The predicted octanol–water partition coefficient (Wildman–Crippen LogP) is 3.75. The highest BCUT2D eigenvalue weighted by Gasteiger charge is 2.20. The van der Waals surface area contributed by atoms with E-state index >= 15 is 0 Å². The van der Waals surface area contributed by atoms with Gasteiger partial charge in [-0.15, -0.1) is 5.10 Å². The first-order valence-corrected chi connectivity index (χ1v) is 7.58. The zero-order valence-corrected chi connectivity index (χ0v) is 13.0. The Balaban J connectivity index is 1.83. The first-order chi connectivity index (χ1) is 10.7. The Kier molecular flexibility index (Phi) is 3.12. The first kappa shape index (κ1) is 13.3. The van der Waals surface area contributed by atoms with Gasteiger partial charge in [-0.2, -0.15) is 0 Å². The van der Waals surface area contributed by atoms with Crippen LogP contribution in [0.5, 0.6) is 0 Å². The zero-order chi connectivity index (χ0) is 15.1. The number of hydrogen-bond acceptors (Lipinski definition) is 3. The van der Waals surface area contributed by atoms with E-state index in [1.807, 2.05) is 29.1 Å². The van der Waals surface area contributed by atoms with Crippen LogP contribution in [0.3, 0.4) is 0 Å². The van der Waals surface area contributed by atoms with Crippen molar-refractivity contribution < 1.29 is 0 Å². The van der Waals surface area contributed by atoms with Crippen molar-refractivity contribution in [3.8, 4) is 5.69 Å². The minimum absolute atomic E-state index is 0.742. The summed E-state index contributed by atoms with van der Waals surface area (Å²) in [6.45, 7) is 3.66. The molecule has 0 fully saturated rings. The van der Waals surface area contributed by atoms with Gasteiger partial charge in [-0.3, -0.25) is 0 Å². The van der Waals surface area contributed by atoms with Crippen LogP contribution in [0.25, 0.3) is 5.69 Å². The monoisotopic (exact) mass is 310 g/mol. The molecule has 0 unspecified atom stereocenters. The van der Waals surface area contributed by atoms with Crippen LogP contribution < -0.4 is 4.90 Å². The number of anilines is 1. The van der Waals surface area contributed by atoms with Crippen LogP contribution in [0.15, 0.2) is 48.7 Å². The summed E-state index contributed by atoms with van der Waals surface area (Å²) in [7, 11) is 0. The summed E-state index contributed by atoms with van der Waals surface area (Å²) >= 11 is 6.18. The van der Waals surface area contributed by atoms with Crippen molar-refractivity contribution in [1.29, 1.82) is 0 Å². The number of nitrogens with zero attached hydrogens (tertiary/aromatic N) is 4. The van der Waals surface area contributed by atoms with Gasteiger partial charge < -0.3 is 4.90 Å². The van der Waals surface area contributed by atoms with Crippen LogP contribution in [0.2, 0.25) is 5.02 Å². The number of halogens is 1. The lowest BCUT2D eigenvalue weighted by Gasteiger charge is -2.23. The molecular weight excluding hydrogens is 296 g/mol. The molecule has 0 saturated heterocycles. The van der Waals surface area contributed by atoms with Gasteiger partial charge in [0.2, 0.25) is 0 Å². The minimum Gasteiger partial charge on any atom is -0.361 e. The zero-order valence-electron chi connectivity index (χ0n) is 12.2. The molecule has 1 aromatic heterocycles. The Morgan fingerprint density at radius 3 is 2.68 bits per heavy atom. The van der Waals surface area contributed by atoms with Gasteiger partial charge in [0, 0.05) is 17.3 Å². The van der Waals surface area contributed by atoms with E-state index in [-0.39, 0.29) is 0 Å². The van der Waals surface area contributed by atoms with E-state index in [2.05, 4.69) is 46.4 Å². The van der Waals surface area contributed by atoms with Crippen molar-refractivity contribution in [3.63, 3.8) is 0 Å². The summed E-state index contributed by atoms with van der Waals surface area (Å²) in [6, 6.07) is 14.5. The number of aromatic nitrogens is 3. The Labute approximate surface area is 133 Å². The Hall–Kier alpha value is -2.33. The molecule has 0 aliphatic carbocycles. The average Bonchev–Trinajstić information content (AvgIpc) is 2.90. The van der Waals surface area contributed by atoms with Gasteiger partial charge in [-0.1, -0.05) is 34.5 Å². The van der Waals surface area contributed by atoms with Crippen LogP contribution in [-0.2, 0) is 13.1 Å². The Bertz CT molecular complexity index is 823. The quantitative estimate of drug-likeness (QED) is 0.686. The molecule has 0 radical (unpaired) electrons. The van der Waals surface area contributed by atoms with Crippen LogP contribution >= 0.6 is 11.6 Å². The van der Waals surface area contributed by atoms with E-state index in [0.29, 0.717) is 0 Å². The van der Waals surface area contributed by atoms with Gasteiger partial charge in [0.25, 0.3) is 0 Å². The van der Waals surface area contributed by atoms with Crippen molar-refractivity contribution in [1.82, 2.24) is 15.0 Å². The van der Waals surface area contributed by atoms with Crippen LogP contribution in [0.1, 0.15) is 16.8 Å². The highest BCUT2D eigenvalue weighted by Crippen LogP contribution is 2.29. The van der Waals surface area contributed by atoms with E-state index < -0.39 is 0 Å². The fourth-order valence-electron chi connectivity index (χ4n) is 2.85. The molecule has 1 aliphatic heterocycles. The summed E-state index contributed by atoms with van der Waals surface area (Å²) in [5.74, 6) is 0. The molecule has 4 nitrogen and oxygen atoms in total. The van der Waals surface area contributed by atoms with Gasteiger partial charge in [0.1, 0.15) is 0 Å². The molecule has 0 saturated carbocycles. The highest BCUT2D eigenvalue weighted by molar-refractivity contribution is 6.30. The van der Waals surface area contributed by atoms with Gasteiger partial charge in [0.15, 0.2) is 0 Å². The fourth-order valence-corrected chi connectivity index (χ4v) is 3.04. The maximum Gasteiger partial charge on any atom is 0.0839 e. The second-order valence-corrected chi connectivity index (χ2v) is 6.04. The molecule has 0 atom stereocenters. The van der Waals surface area contributed by atoms with Crippen molar-refractivity contribution in [2.24, 2.45) is 0 Å². The molecule has 3 aromatic rings. The van der Waals surface area contributed by atoms with Gasteiger partial charge >= 0.3 is 0 Å². The van der Waals surface area contributed by atoms with Crippen LogP contribution in [-0.4, -0.2) is 15.0 Å². The first-order valence-electron chi connectivity index (χ1n) is 7.21. The largest absolute Gasteiger partial charge is 0.361 e. The molecule has 5 heteroatoms. The number of aryl methyl sites for hydroxylation is 1. The summed E-state index contributed by atoms with van der Waals surface area (Å²) in [6.07, 6.45) is 1.82. The maximum absolute atomic E-state index is 6.18. The fraction of sp³-hybridized carbons (Fsp3) is 0.176. The van der Waals surface area contributed by atoms with Crippen molar-refractivity contribution in [2.45, 2.75) is 20.0 Å². The Morgan fingerprint density at radius 1 is 1.05 bits per heavy atom. The third-order valence-corrected chi connectivity index (χ3v) is 4.24. The van der Waals surface area contributed by atoms with Crippen LogP contribution in [0, 0.1) is 6.92 Å². The minimum atomic E-state index is 0.742. The third kappa shape index (κ3) is 2.25. The second kappa shape index (κ2) is 5.14. The molecule has 1 aliphatic rings. The van der Waals surface area contributed by atoms with Gasteiger partial charge in [-0.25, -0.2) is 4.68 Å². The van der Waals surface area contributed by atoms with Gasteiger partial charge in [0.05, 0.1) is 24.1 Å². The molecule has 2 aromatic carbocycles. The molecule has 0 N–H and O–H groups in total. The maximum atomic E-state index is 6.18. The lowest BCUT2D eigenvalue weighted by Crippen LogP contribution is -2.20. The van der Waals surface area contributed by atoms with E-state index in [1.165, 1.54) is 11.3 Å². The SMILES string of the molecule is Cc1ccc(N2Cc3cc(Cl)ccc3-n3nncc3C2)cc1. The third-order valence-electron chi connectivity index (χ3n) is 4.00. The number of fused-ring (bicyclic) bond motifs is 3.